The van der Waals surface area contributed by atoms with Crippen LogP contribution in [0.15, 0.2) is 24.3 Å². The summed E-state index contributed by atoms with van der Waals surface area (Å²) in [6.45, 7) is 1.87. The number of nitriles is 1. The van der Waals surface area contributed by atoms with Crippen LogP contribution in [0, 0.1) is 11.3 Å². The van der Waals surface area contributed by atoms with Gasteiger partial charge in [0.2, 0.25) is 10.0 Å². The summed E-state index contributed by atoms with van der Waals surface area (Å²) in [7, 11) is -2.32. The van der Waals surface area contributed by atoms with Gasteiger partial charge in [0.1, 0.15) is 6.07 Å². The fourth-order valence-electron chi connectivity index (χ4n) is 1.58. The van der Waals surface area contributed by atoms with Gasteiger partial charge in [0, 0.05) is 7.05 Å². The molecule has 0 saturated carbocycles. The van der Waals surface area contributed by atoms with E-state index in [0.717, 1.165) is 4.31 Å². The largest absolute Gasteiger partial charge is 0.466 e. The lowest BCUT2D eigenvalue weighted by Crippen LogP contribution is -2.30. The van der Waals surface area contributed by atoms with E-state index in [1.54, 1.807) is 25.1 Å². The maximum absolute atomic E-state index is 12.1. The van der Waals surface area contributed by atoms with Crippen LogP contribution in [-0.4, -0.2) is 33.8 Å². The molecule has 1 aromatic rings. The molecule has 108 valence electrons. The molecule has 0 N–H and O–H groups in total. The van der Waals surface area contributed by atoms with E-state index in [2.05, 4.69) is 0 Å². The third-order valence-corrected chi connectivity index (χ3v) is 4.40. The molecule has 0 radical (unpaired) electrons. The first-order valence-electron chi connectivity index (χ1n) is 6.03. The Morgan fingerprint density at radius 3 is 2.65 bits per heavy atom. The van der Waals surface area contributed by atoms with Crippen LogP contribution in [0.1, 0.15) is 18.9 Å². The van der Waals surface area contributed by atoms with Gasteiger partial charge in [0.15, 0.2) is 0 Å². The van der Waals surface area contributed by atoms with Crippen LogP contribution in [0.3, 0.4) is 0 Å². The van der Waals surface area contributed by atoms with Gasteiger partial charge in [-0.1, -0.05) is 12.1 Å². The number of hydrogen-bond donors (Lipinski definition) is 0. The quantitative estimate of drug-likeness (QED) is 0.738. The third kappa shape index (κ3) is 3.96. The summed E-state index contributed by atoms with van der Waals surface area (Å²) in [6.07, 6.45) is -0.213. The van der Waals surface area contributed by atoms with Crippen LogP contribution < -0.4 is 4.31 Å². The number of carbonyl (C=O) groups excluding carboxylic acids is 1. The second-order valence-corrected chi connectivity index (χ2v) is 6.09. The number of ether oxygens (including phenoxy) is 1. The van der Waals surface area contributed by atoms with Crippen molar-refractivity contribution >= 4 is 21.7 Å². The van der Waals surface area contributed by atoms with Crippen molar-refractivity contribution in [3.63, 3.8) is 0 Å². The lowest BCUT2D eigenvalue weighted by atomic mass is 10.2. The first kappa shape index (κ1) is 16.0. The molecule has 0 amide bonds. The van der Waals surface area contributed by atoms with Gasteiger partial charge in [-0.05, 0) is 19.1 Å². The molecule has 0 aromatic heterocycles. The van der Waals surface area contributed by atoms with Crippen molar-refractivity contribution in [2.24, 2.45) is 0 Å². The summed E-state index contributed by atoms with van der Waals surface area (Å²) in [5.74, 6) is -0.916. The molecule has 7 heteroatoms. The minimum Gasteiger partial charge on any atom is -0.466 e. The van der Waals surface area contributed by atoms with Crippen molar-refractivity contribution in [2.45, 2.75) is 13.3 Å². The van der Waals surface area contributed by atoms with E-state index in [4.69, 9.17) is 10.00 Å². The van der Waals surface area contributed by atoms with Gasteiger partial charge in [-0.2, -0.15) is 5.26 Å². The predicted molar refractivity (Wildman–Crippen MR) is 74.6 cm³/mol. The molecule has 0 spiro atoms. The smallest absolute Gasteiger partial charge is 0.306 e. The van der Waals surface area contributed by atoms with E-state index >= 15 is 0 Å². The summed E-state index contributed by atoms with van der Waals surface area (Å²) in [5, 5.41) is 8.98. The number of rotatable bonds is 6. The number of para-hydroxylation sites is 1. The fraction of sp³-hybridized carbons (Fsp3) is 0.385. The van der Waals surface area contributed by atoms with Crippen LogP contribution in [0.25, 0.3) is 0 Å². The average molecular weight is 296 g/mol. The van der Waals surface area contributed by atoms with Gasteiger partial charge in [0.25, 0.3) is 0 Å². The molecule has 20 heavy (non-hydrogen) atoms. The fourth-order valence-corrected chi connectivity index (χ4v) is 2.73. The Morgan fingerprint density at radius 2 is 2.05 bits per heavy atom. The Labute approximate surface area is 118 Å². The van der Waals surface area contributed by atoms with Gasteiger partial charge in [0.05, 0.1) is 30.0 Å². The van der Waals surface area contributed by atoms with Crippen molar-refractivity contribution in [1.82, 2.24) is 0 Å². The molecule has 6 nitrogen and oxygen atoms in total. The van der Waals surface area contributed by atoms with Gasteiger partial charge in [-0.25, -0.2) is 8.42 Å². The number of esters is 1. The lowest BCUT2D eigenvalue weighted by Gasteiger charge is -2.20. The molecule has 1 aromatic carbocycles. The highest BCUT2D eigenvalue weighted by Crippen LogP contribution is 2.21. The third-order valence-electron chi connectivity index (χ3n) is 2.65. The topological polar surface area (TPSA) is 87.5 Å². The predicted octanol–water partition coefficient (Wildman–Crippen LogP) is 1.28. The van der Waals surface area contributed by atoms with Crippen molar-refractivity contribution in [3.05, 3.63) is 29.8 Å². The zero-order chi connectivity index (χ0) is 15.2. The normalized spacial score (nSPS) is 10.7. The molecule has 0 aliphatic carbocycles. The van der Waals surface area contributed by atoms with E-state index in [-0.39, 0.29) is 24.3 Å². The lowest BCUT2D eigenvalue weighted by molar-refractivity contribution is -0.142. The summed E-state index contributed by atoms with van der Waals surface area (Å²) < 4.78 is 29.9. The van der Waals surface area contributed by atoms with Crippen molar-refractivity contribution in [2.75, 3.05) is 23.7 Å². The van der Waals surface area contributed by atoms with Crippen molar-refractivity contribution < 1.29 is 17.9 Å². The Kier molecular flexibility index (Phi) is 5.53. The molecule has 0 bridgehead atoms. The second kappa shape index (κ2) is 6.91. The number of sulfonamides is 1. The molecule has 0 heterocycles. The van der Waals surface area contributed by atoms with Gasteiger partial charge >= 0.3 is 5.97 Å². The minimum atomic E-state index is -3.68. The Balaban J connectivity index is 2.87. The van der Waals surface area contributed by atoms with Crippen molar-refractivity contribution in [1.29, 1.82) is 5.26 Å². The maximum Gasteiger partial charge on any atom is 0.306 e. The summed E-state index contributed by atoms with van der Waals surface area (Å²) >= 11 is 0. The molecular formula is C13H16N2O4S. The first-order valence-corrected chi connectivity index (χ1v) is 7.64. The zero-order valence-electron chi connectivity index (χ0n) is 11.4. The molecule has 0 unspecified atom stereocenters. The molecule has 0 saturated heterocycles. The van der Waals surface area contributed by atoms with E-state index in [0.29, 0.717) is 5.69 Å². The zero-order valence-corrected chi connectivity index (χ0v) is 12.2. The van der Waals surface area contributed by atoms with Crippen LogP contribution in [0.5, 0.6) is 0 Å². The molecular weight excluding hydrogens is 280 g/mol. The highest BCUT2D eigenvalue weighted by Gasteiger charge is 2.22. The van der Waals surface area contributed by atoms with E-state index < -0.39 is 16.0 Å². The van der Waals surface area contributed by atoms with Gasteiger partial charge < -0.3 is 4.74 Å². The molecule has 0 atom stereocenters. The maximum atomic E-state index is 12.1. The van der Waals surface area contributed by atoms with Gasteiger partial charge in [-0.15, -0.1) is 0 Å². The van der Waals surface area contributed by atoms with E-state index in [1.165, 1.54) is 13.1 Å². The minimum absolute atomic E-state index is 0.213. The van der Waals surface area contributed by atoms with Crippen LogP contribution in [0.4, 0.5) is 5.69 Å². The number of carbonyl (C=O) groups is 1. The average Bonchev–Trinajstić information content (AvgIpc) is 2.44. The molecule has 1 rings (SSSR count). The van der Waals surface area contributed by atoms with E-state index in [9.17, 15) is 13.2 Å². The monoisotopic (exact) mass is 296 g/mol. The Hall–Kier alpha value is -2.07. The summed E-state index contributed by atoms with van der Waals surface area (Å²) in [4.78, 5) is 11.2. The highest BCUT2D eigenvalue weighted by atomic mass is 32.2. The summed E-state index contributed by atoms with van der Waals surface area (Å²) in [5.41, 5.74) is 0.550. The van der Waals surface area contributed by atoms with Crippen molar-refractivity contribution in [3.8, 4) is 6.07 Å². The molecule has 0 aliphatic heterocycles. The van der Waals surface area contributed by atoms with Gasteiger partial charge in [-0.3, -0.25) is 9.10 Å². The molecule has 0 fully saturated rings. The van der Waals surface area contributed by atoms with Crippen LogP contribution >= 0.6 is 0 Å². The summed E-state index contributed by atoms with van der Waals surface area (Å²) in [6, 6.07) is 8.31. The number of hydrogen-bond acceptors (Lipinski definition) is 5. The second-order valence-electron chi connectivity index (χ2n) is 3.97. The van der Waals surface area contributed by atoms with Crippen LogP contribution in [0.2, 0.25) is 0 Å². The number of nitrogens with zero attached hydrogens (tertiary/aromatic N) is 2. The van der Waals surface area contributed by atoms with Crippen LogP contribution in [-0.2, 0) is 19.6 Å². The molecule has 0 aliphatic rings. The number of benzene rings is 1. The highest BCUT2D eigenvalue weighted by molar-refractivity contribution is 7.92. The SMILES string of the molecule is CCOC(=O)CCS(=O)(=O)N(C)c1ccccc1C#N. The number of anilines is 1. The standard InChI is InChI=1S/C13H16N2O4S/c1-3-19-13(16)8-9-20(17,18)15(2)12-7-5-4-6-11(12)10-14/h4-7H,3,8-9H2,1-2H3. The van der Waals surface area contributed by atoms with E-state index in [1.807, 2.05) is 6.07 Å². The Morgan fingerprint density at radius 1 is 1.40 bits per heavy atom. The first-order chi connectivity index (χ1) is 9.42. The Bertz CT molecular complexity index is 620.